The highest BCUT2D eigenvalue weighted by Crippen LogP contribution is 2.48. The standard InChI is InChI=1S/C16H19FINO/c1-19(9-12-7-10-2-3-11(12)6-10)16(20)14-5-4-13(17)8-15(14)18/h4-5,8,10-12H,2-3,6-7,9H2,1H3. The van der Waals surface area contributed by atoms with Crippen molar-refractivity contribution in [1.82, 2.24) is 4.90 Å². The van der Waals surface area contributed by atoms with E-state index in [-0.39, 0.29) is 11.7 Å². The Morgan fingerprint density at radius 1 is 1.40 bits per heavy atom. The van der Waals surface area contributed by atoms with Gasteiger partial charge in [0.05, 0.1) is 5.56 Å². The molecule has 20 heavy (non-hydrogen) atoms. The third-order valence-corrected chi connectivity index (χ3v) is 5.79. The van der Waals surface area contributed by atoms with Gasteiger partial charge in [0.25, 0.3) is 5.91 Å². The van der Waals surface area contributed by atoms with Gasteiger partial charge in [-0.1, -0.05) is 6.42 Å². The topological polar surface area (TPSA) is 20.3 Å². The second-order valence-electron chi connectivity index (χ2n) is 6.24. The zero-order valence-electron chi connectivity index (χ0n) is 11.6. The summed E-state index contributed by atoms with van der Waals surface area (Å²) < 4.78 is 13.8. The van der Waals surface area contributed by atoms with Crippen molar-refractivity contribution >= 4 is 28.5 Å². The smallest absolute Gasteiger partial charge is 0.254 e. The van der Waals surface area contributed by atoms with Gasteiger partial charge >= 0.3 is 0 Å². The molecule has 0 radical (unpaired) electrons. The van der Waals surface area contributed by atoms with Crippen LogP contribution in [0.15, 0.2) is 18.2 Å². The van der Waals surface area contributed by atoms with E-state index in [0.717, 1.165) is 18.4 Å². The largest absolute Gasteiger partial charge is 0.341 e. The number of hydrogen-bond donors (Lipinski definition) is 0. The predicted octanol–water partition coefficient (Wildman–Crippen LogP) is 3.94. The number of hydrogen-bond acceptors (Lipinski definition) is 1. The van der Waals surface area contributed by atoms with E-state index >= 15 is 0 Å². The molecule has 0 aliphatic heterocycles. The number of halogens is 2. The lowest BCUT2D eigenvalue weighted by Crippen LogP contribution is -2.34. The van der Waals surface area contributed by atoms with Crippen molar-refractivity contribution in [1.29, 1.82) is 0 Å². The summed E-state index contributed by atoms with van der Waals surface area (Å²) in [7, 11) is 1.87. The molecule has 4 heteroatoms. The highest BCUT2D eigenvalue weighted by molar-refractivity contribution is 14.1. The van der Waals surface area contributed by atoms with Crippen LogP contribution in [0, 0.1) is 27.1 Å². The molecule has 0 aromatic heterocycles. The third kappa shape index (κ3) is 2.71. The highest BCUT2D eigenvalue weighted by atomic mass is 127. The summed E-state index contributed by atoms with van der Waals surface area (Å²) in [5, 5.41) is 0. The second kappa shape index (κ2) is 5.62. The molecule has 2 aliphatic carbocycles. The average molecular weight is 387 g/mol. The van der Waals surface area contributed by atoms with Crippen LogP contribution < -0.4 is 0 Å². The van der Waals surface area contributed by atoms with Crippen molar-refractivity contribution in [3.63, 3.8) is 0 Å². The molecule has 3 rings (SSSR count). The van der Waals surface area contributed by atoms with E-state index in [1.807, 2.05) is 34.5 Å². The summed E-state index contributed by atoms with van der Waals surface area (Å²) in [4.78, 5) is 14.3. The Hall–Kier alpha value is -0.650. The number of nitrogens with zero attached hydrogens (tertiary/aromatic N) is 1. The molecule has 0 heterocycles. The third-order valence-electron chi connectivity index (χ3n) is 4.90. The van der Waals surface area contributed by atoms with Crippen LogP contribution in [-0.2, 0) is 0 Å². The van der Waals surface area contributed by atoms with Gasteiger partial charge in [0, 0.05) is 17.2 Å². The molecule has 2 fully saturated rings. The molecule has 3 unspecified atom stereocenters. The first-order valence-corrected chi connectivity index (χ1v) is 8.33. The number of fused-ring (bicyclic) bond motifs is 2. The highest BCUT2D eigenvalue weighted by Gasteiger charge is 2.40. The number of benzene rings is 1. The molecule has 0 spiro atoms. The maximum atomic E-state index is 13.1. The summed E-state index contributed by atoms with van der Waals surface area (Å²) >= 11 is 2.03. The molecule has 1 amide bonds. The van der Waals surface area contributed by atoms with E-state index in [4.69, 9.17) is 0 Å². The second-order valence-corrected chi connectivity index (χ2v) is 7.41. The van der Waals surface area contributed by atoms with Crippen molar-refractivity contribution in [2.24, 2.45) is 17.8 Å². The molecule has 3 atom stereocenters. The van der Waals surface area contributed by atoms with E-state index in [9.17, 15) is 9.18 Å². The van der Waals surface area contributed by atoms with Crippen molar-refractivity contribution in [3.8, 4) is 0 Å². The van der Waals surface area contributed by atoms with Gasteiger partial charge in [0.15, 0.2) is 0 Å². The number of amides is 1. The first kappa shape index (κ1) is 14.3. The van der Waals surface area contributed by atoms with Gasteiger partial charge in [-0.3, -0.25) is 4.79 Å². The van der Waals surface area contributed by atoms with Gasteiger partial charge in [-0.05, 0) is 77.8 Å². The lowest BCUT2D eigenvalue weighted by molar-refractivity contribution is 0.0753. The van der Waals surface area contributed by atoms with Crippen LogP contribution in [0.4, 0.5) is 4.39 Å². The lowest BCUT2D eigenvalue weighted by atomic mass is 9.88. The maximum Gasteiger partial charge on any atom is 0.254 e. The average Bonchev–Trinajstić information content (AvgIpc) is 3.00. The first-order chi connectivity index (χ1) is 9.54. The molecule has 1 aromatic rings. The molecular weight excluding hydrogens is 368 g/mol. The van der Waals surface area contributed by atoms with Crippen LogP contribution in [0.3, 0.4) is 0 Å². The quantitative estimate of drug-likeness (QED) is 0.720. The number of rotatable bonds is 3. The first-order valence-electron chi connectivity index (χ1n) is 7.25. The van der Waals surface area contributed by atoms with E-state index in [1.165, 1.54) is 37.8 Å². The van der Waals surface area contributed by atoms with Crippen LogP contribution in [-0.4, -0.2) is 24.4 Å². The van der Waals surface area contributed by atoms with Crippen molar-refractivity contribution in [2.75, 3.05) is 13.6 Å². The van der Waals surface area contributed by atoms with Crippen LogP contribution in [0.2, 0.25) is 0 Å². The minimum atomic E-state index is -0.290. The summed E-state index contributed by atoms with van der Waals surface area (Å²) in [5.41, 5.74) is 0.609. The summed E-state index contributed by atoms with van der Waals surface area (Å²) in [5.74, 6) is 2.11. The summed E-state index contributed by atoms with van der Waals surface area (Å²) in [6.07, 6.45) is 5.36. The SMILES string of the molecule is CN(CC1CC2CCC1C2)C(=O)c1ccc(F)cc1I. The zero-order chi connectivity index (χ0) is 14.3. The van der Waals surface area contributed by atoms with Gasteiger partial charge < -0.3 is 4.90 Å². The Labute approximate surface area is 132 Å². The van der Waals surface area contributed by atoms with E-state index in [2.05, 4.69) is 0 Å². The van der Waals surface area contributed by atoms with Gasteiger partial charge in [-0.2, -0.15) is 0 Å². The molecule has 2 bridgehead atoms. The van der Waals surface area contributed by atoms with E-state index < -0.39 is 0 Å². The Balaban J connectivity index is 1.67. The van der Waals surface area contributed by atoms with E-state index in [1.54, 1.807) is 6.07 Å². The molecule has 0 N–H and O–H groups in total. The molecule has 2 saturated carbocycles. The van der Waals surface area contributed by atoms with Crippen LogP contribution in [0.25, 0.3) is 0 Å². The van der Waals surface area contributed by atoms with Crippen LogP contribution in [0.1, 0.15) is 36.0 Å². The molecule has 0 saturated heterocycles. The van der Waals surface area contributed by atoms with Crippen molar-refractivity contribution < 1.29 is 9.18 Å². The van der Waals surface area contributed by atoms with E-state index in [0.29, 0.717) is 15.1 Å². The molecule has 1 aromatic carbocycles. The molecule has 108 valence electrons. The number of carbonyl (C=O) groups is 1. The predicted molar refractivity (Wildman–Crippen MR) is 85.0 cm³/mol. The summed E-state index contributed by atoms with van der Waals surface area (Å²) in [6.45, 7) is 0.841. The fraction of sp³-hybridized carbons (Fsp3) is 0.562. The molecule has 2 aliphatic rings. The monoisotopic (exact) mass is 387 g/mol. The Morgan fingerprint density at radius 3 is 2.80 bits per heavy atom. The molecular formula is C16H19FINO. The van der Waals surface area contributed by atoms with Crippen LogP contribution in [0.5, 0.6) is 0 Å². The van der Waals surface area contributed by atoms with Crippen LogP contribution >= 0.6 is 22.6 Å². The van der Waals surface area contributed by atoms with Crippen molar-refractivity contribution in [3.05, 3.63) is 33.1 Å². The Kier molecular flexibility index (Phi) is 4.02. The normalized spacial score (nSPS) is 27.9. The molecule has 2 nitrogen and oxygen atoms in total. The van der Waals surface area contributed by atoms with Gasteiger partial charge in [0.1, 0.15) is 5.82 Å². The van der Waals surface area contributed by atoms with Gasteiger partial charge in [0.2, 0.25) is 0 Å². The summed E-state index contributed by atoms with van der Waals surface area (Å²) in [6, 6.07) is 4.37. The fourth-order valence-corrected chi connectivity index (χ4v) is 4.61. The zero-order valence-corrected chi connectivity index (χ0v) is 13.8. The maximum absolute atomic E-state index is 13.1. The van der Waals surface area contributed by atoms with Crippen molar-refractivity contribution in [2.45, 2.75) is 25.7 Å². The van der Waals surface area contributed by atoms with Gasteiger partial charge in [-0.15, -0.1) is 0 Å². The van der Waals surface area contributed by atoms with Gasteiger partial charge in [-0.25, -0.2) is 4.39 Å². The Bertz CT molecular complexity index is 533. The number of carbonyl (C=O) groups excluding carboxylic acids is 1. The fourth-order valence-electron chi connectivity index (χ4n) is 3.90. The minimum absolute atomic E-state index is 0.0113. The Morgan fingerprint density at radius 2 is 2.20 bits per heavy atom. The lowest BCUT2D eigenvalue weighted by Gasteiger charge is -2.27. The minimum Gasteiger partial charge on any atom is -0.341 e.